The van der Waals surface area contributed by atoms with Crippen LogP contribution in [-0.4, -0.2) is 40.2 Å². The van der Waals surface area contributed by atoms with E-state index in [9.17, 15) is 18.8 Å². The number of halogens is 1. The first-order valence-corrected chi connectivity index (χ1v) is 12.2. The highest BCUT2D eigenvalue weighted by Crippen LogP contribution is 2.40. The van der Waals surface area contributed by atoms with Crippen LogP contribution in [0.3, 0.4) is 0 Å². The van der Waals surface area contributed by atoms with Gasteiger partial charge in [0, 0.05) is 12.6 Å². The van der Waals surface area contributed by atoms with E-state index >= 15 is 0 Å². The van der Waals surface area contributed by atoms with Gasteiger partial charge in [-0.2, -0.15) is 0 Å². The van der Waals surface area contributed by atoms with Crippen LogP contribution < -0.4 is 5.32 Å². The van der Waals surface area contributed by atoms with Crippen molar-refractivity contribution in [1.29, 1.82) is 0 Å². The number of hydrogen-bond acceptors (Lipinski definition) is 3. The van der Waals surface area contributed by atoms with Crippen molar-refractivity contribution in [2.24, 2.45) is 0 Å². The predicted molar refractivity (Wildman–Crippen MR) is 125 cm³/mol. The molecule has 1 heterocycles. The molecule has 3 aliphatic rings. The van der Waals surface area contributed by atoms with E-state index in [-0.39, 0.29) is 30.2 Å². The lowest BCUT2D eigenvalue weighted by Crippen LogP contribution is -2.49. The van der Waals surface area contributed by atoms with Gasteiger partial charge in [-0.3, -0.25) is 14.5 Å². The third kappa shape index (κ3) is 4.08. The maximum Gasteiger partial charge on any atom is 0.325 e. The molecule has 5 rings (SSSR count). The minimum atomic E-state index is -1.08. The van der Waals surface area contributed by atoms with Gasteiger partial charge in [0.1, 0.15) is 17.9 Å². The molecule has 1 aliphatic heterocycles. The van der Waals surface area contributed by atoms with E-state index in [0.29, 0.717) is 13.0 Å². The Morgan fingerprint density at radius 3 is 2.53 bits per heavy atom. The molecule has 2 aromatic rings. The second kappa shape index (κ2) is 9.20. The van der Waals surface area contributed by atoms with E-state index in [2.05, 4.69) is 5.32 Å². The fourth-order valence-electron chi connectivity index (χ4n) is 5.78. The highest BCUT2D eigenvalue weighted by atomic mass is 19.1. The Morgan fingerprint density at radius 1 is 1.03 bits per heavy atom. The number of fused-ring (bicyclic) bond motifs is 2. The molecule has 2 aromatic carbocycles. The molecule has 7 heteroatoms. The molecule has 2 fully saturated rings. The lowest BCUT2D eigenvalue weighted by Gasteiger charge is -2.36. The summed E-state index contributed by atoms with van der Waals surface area (Å²) in [7, 11) is 0. The largest absolute Gasteiger partial charge is 0.334 e. The number of carbonyl (C=O) groups is 3. The maximum atomic E-state index is 13.6. The SMILES string of the molecule is O=C1N[C@]2(CCCc3ccccc32)C(=O)N1CC(=O)N(Cc1ccc(F)cc1)C1CCCCC1. The van der Waals surface area contributed by atoms with Crippen LogP contribution in [0.25, 0.3) is 0 Å². The normalized spacial score (nSPS) is 22.6. The average molecular weight is 464 g/mol. The number of nitrogens with zero attached hydrogens (tertiary/aromatic N) is 2. The third-order valence-electron chi connectivity index (χ3n) is 7.55. The summed E-state index contributed by atoms with van der Waals surface area (Å²) in [6.45, 7) is 0.0493. The number of nitrogens with one attached hydrogen (secondary N) is 1. The molecule has 1 atom stereocenters. The molecular weight excluding hydrogens is 433 g/mol. The molecule has 1 saturated carbocycles. The van der Waals surface area contributed by atoms with Gasteiger partial charge in [0.15, 0.2) is 0 Å². The molecule has 0 bridgehead atoms. The smallest absolute Gasteiger partial charge is 0.325 e. The van der Waals surface area contributed by atoms with Crippen LogP contribution in [0, 0.1) is 5.82 Å². The summed E-state index contributed by atoms with van der Waals surface area (Å²) in [4.78, 5) is 43.0. The Hall–Kier alpha value is -3.22. The zero-order chi connectivity index (χ0) is 23.7. The highest BCUT2D eigenvalue weighted by molar-refractivity contribution is 6.09. The number of hydrogen-bond donors (Lipinski definition) is 1. The number of carbonyl (C=O) groups excluding carboxylic acids is 3. The van der Waals surface area contributed by atoms with Crippen molar-refractivity contribution in [2.75, 3.05) is 6.54 Å². The number of aryl methyl sites for hydroxylation is 1. The zero-order valence-corrected chi connectivity index (χ0v) is 19.3. The van der Waals surface area contributed by atoms with Crippen molar-refractivity contribution in [3.8, 4) is 0 Å². The summed E-state index contributed by atoms with van der Waals surface area (Å²) in [5.41, 5.74) is 1.65. The summed E-state index contributed by atoms with van der Waals surface area (Å²) in [5, 5.41) is 2.93. The number of urea groups is 1. The molecule has 2 aliphatic carbocycles. The van der Waals surface area contributed by atoms with Crippen LogP contribution in [0.15, 0.2) is 48.5 Å². The maximum absolute atomic E-state index is 13.6. The molecular formula is C27H30FN3O3. The quantitative estimate of drug-likeness (QED) is 0.674. The monoisotopic (exact) mass is 463 g/mol. The fraction of sp³-hybridized carbons (Fsp3) is 0.444. The summed E-state index contributed by atoms with van der Waals surface area (Å²) >= 11 is 0. The highest BCUT2D eigenvalue weighted by Gasteiger charge is 2.54. The van der Waals surface area contributed by atoms with Crippen molar-refractivity contribution in [3.05, 3.63) is 71.0 Å². The summed E-state index contributed by atoms with van der Waals surface area (Å²) < 4.78 is 13.4. The van der Waals surface area contributed by atoms with Crippen LogP contribution in [0.2, 0.25) is 0 Å². The molecule has 6 nitrogen and oxygen atoms in total. The van der Waals surface area contributed by atoms with Crippen molar-refractivity contribution in [3.63, 3.8) is 0 Å². The molecule has 34 heavy (non-hydrogen) atoms. The second-order valence-electron chi connectivity index (χ2n) is 9.68. The van der Waals surface area contributed by atoms with Crippen molar-refractivity contribution >= 4 is 17.8 Å². The van der Waals surface area contributed by atoms with E-state index in [1.807, 2.05) is 24.3 Å². The van der Waals surface area contributed by atoms with Gasteiger partial charge in [0.05, 0.1) is 0 Å². The first kappa shape index (κ1) is 22.6. The average Bonchev–Trinajstić information content (AvgIpc) is 3.09. The number of benzene rings is 2. The molecule has 4 amide bonds. The Labute approximate surface area is 199 Å². The summed E-state index contributed by atoms with van der Waals surface area (Å²) in [5.74, 6) is -0.916. The number of rotatable bonds is 5. The van der Waals surface area contributed by atoms with E-state index in [1.54, 1.807) is 17.0 Å². The van der Waals surface area contributed by atoms with Gasteiger partial charge >= 0.3 is 6.03 Å². The topological polar surface area (TPSA) is 69.7 Å². The van der Waals surface area contributed by atoms with Crippen LogP contribution in [0.1, 0.15) is 61.6 Å². The first-order valence-electron chi connectivity index (χ1n) is 12.2. The van der Waals surface area contributed by atoms with Crippen LogP contribution >= 0.6 is 0 Å². The Bertz CT molecular complexity index is 1100. The van der Waals surface area contributed by atoms with Gasteiger partial charge in [0.25, 0.3) is 5.91 Å². The van der Waals surface area contributed by atoms with Crippen molar-refractivity contribution in [1.82, 2.24) is 15.1 Å². The number of imide groups is 1. The van der Waals surface area contributed by atoms with Gasteiger partial charge < -0.3 is 10.2 Å². The zero-order valence-electron chi connectivity index (χ0n) is 19.3. The third-order valence-corrected chi connectivity index (χ3v) is 7.55. The predicted octanol–water partition coefficient (Wildman–Crippen LogP) is 4.27. The van der Waals surface area contributed by atoms with E-state index in [1.165, 1.54) is 12.1 Å². The molecule has 1 spiro atoms. The second-order valence-corrected chi connectivity index (χ2v) is 9.68. The lowest BCUT2D eigenvalue weighted by molar-refractivity contribution is -0.141. The fourth-order valence-corrected chi connectivity index (χ4v) is 5.78. The van der Waals surface area contributed by atoms with Crippen molar-refractivity contribution in [2.45, 2.75) is 69.5 Å². The van der Waals surface area contributed by atoms with Gasteiger partial charge in [-0.05, 0) is 60.9 Å². The summed E-state index contributed by atoms with van der Waals surface area (Å²) in [6, 6.07) is 13.4. The number of amides is 4. The Kier molecular flexibility index (Phi) is 6.11. The van der Waals surface area contributed by atoms with Crippen LogP contribution in [0.4, 0.5) is 9.18 Å². The van der Waals surface area contributed by atoms with E-state index in [4.69, 9.17) is 0 Å². The molecule has 1 N–H and O–H groups in total. The van der Waals surface area contributed by atoms with Gasteiger partial charge in [-0.1, -0.05) is 55.7 Å². The van der Waals surface area contributed by atoms with Crippen LogP contribution in [0.5, 0.6) is 0 Å². The van der Waals surface area contributed by atoms with Crippen molar-refractivity contribution < 1.29 is 18.8 Å². The molecule has 0 aromatic heterocycles. The minimum Gasteiger partial charge on any atom is -0.334 e. The van der Waals surface area contributed by atoms with E-state index < -0.39 is 11.6 Å². The minimum absolute atomic E-state index is 0.0523. The van der Waals surface area contributed by atoms with Gasteiger partial charge in [-0.25, -0.2) is 9.18 Å². The van der Waals surface area contributed by atoms with Gasteiger partial charge in [0.2, 0.25) is 5.91 Å². The summed E-state index contributed by atoms with van der Waals surface area (Å²) in [6.07, 6.45) is 7.21. The lowest BCUT2D eigenvalue weighted by atomic mass is 9.76. The Balaban J connectivity index is 1.38. The molecule has 1 saturated heterocycles. The van der Waals surface area contributed by atoms with Crippen LogP contribution in [-0.2, 0) is 28.1 Å². The molecule has 178 valence electrons. The molecule has 0 unspecified atom stereocenters. The standard InChI is InChI=1S/C27H30FN3O3/c28-21-14-12-19(13-15-21)17-30(22-9-2-1-3-10-22)24(32)18-31-25(33)27(29-26(31)34)16-6-8-20-7-4-5-11-23(20)27/h4-5,7,11-15,22H,1-3,6,8-10,16-18H2,(H,29,34)/t27-/m0/s1. The van der Waals surface area contributed by atoms with Gasteiger partial charge in [-0.15, -0.1) is 0 Å². The van der Waals surface area contributed by atoms with E-state index in [0.717, 1.165) is 66.5 Å². The Morgan fingerprint density at radius 2 is 1.76 bits per heavy atom. The molecule has 0 radical (unpaired) electrons. The first-order chi connectivity index (χ1) is 16.5.